The average molecular weight is 390 g/mol. The van der Waals surface area contributed by atoms with Crippen molar-refractivity contribution in [3.8, 4) is 0 Å². The van der Waals surface area contributed by atoms with Gasteiger partial charge < -0.3 is 0 Å². The van der Waals surface area contributed by atoms with Gasteiger partial charge in [0.2, 0.25) is 0 Å². The SMILES string of the molecule is N=Nc1ccc(S(=O)(=O)CCOS(=O)(=O)O)cc1.[NaH].[NaH].[NaH].[NaH]. The van der Waals surface area contributed by atoms with Gasteiger partial charge in [0.15, 0.2) is 9.84 Å². The Morgan fingerprint density at radius 2 is 1.45 bits per heavy atom. The molecule has 8 nitrogen and oxygen atoms in total. The van der Waals surface area contributed by atoms with Gasteiger partial charge in [-0.1, -0.05) is 0 Å². The van der Waals surface area contributed by atoms with Gasteiger partial charge in [0.1, 0.15) is 0 Å². The second-order valence-electron chi connectivity index (χ2n) is 3.17. The molecule has 2 N–H and O–H groups in total. The molecule has 0 saturated carbocycles. The van der Waals surface area contributed by atoms with Crippen LogP contribution in [0.25, 0.3) is 0 Å². The second kappa shape index (κ2) is 14.8. The number of benzene rings is 1. The Hall–Kier alpha value is 2.64. The molecular weight excluding hydrogens is 376 g/mol. The maximum absolute atomic E-state index is 11.7. The molecule has 0 spiro atoms. The van der Waals surface area contributed by atoms with Crippen LogP contribution in [0.15, 0.2) is 34.3 Å². The van der Waals surface area contributed by atoms with Crippen LogP contribution in [0.4, 0.5) is 5.69 Å². The van der Waals surface area contributed by atoms with Crippen molar-refractivity contribution in [3.05, 3.63) is 24.3 Å². The predicted molar refractivity (Wildman–Crippen MR) is 89.4 cm³/mol. The monoisotopic (exact) mass is 390 g/mol. The van der Waals surface area contributed by atoms with E-state index in [1.54, 1.807) is 0 Å². The van der Waals surface area contributed by atoms with Gasteiger partial charge in [-0.2, -0.15) is 13.5 Å². The van der Waals surface area contributed by atoms with Crippen LogP contribution in [0.1, 0.15) is 0 Å². The molecule has 0 fully saturated rings. The zero-order valence-electron chi connectivity index (χ0n) is 8.98. The van der Waals surface area contributed by atoms with Gasteiger partial charge in [0.05, 0.1) is 22.9 Å². The van der Waals surface area contributed by atoms with E-state index in [9.17, 15) is 16.8 Å². The summed E-state index contributed by atoms with van der Waals surface area (Å²) in [7, 11) is -8.35. The summed E-state index contributed by atoms with van der Waals surface area (Å²) >= 11 is 0. The zero-order chi connectivity index (χ0) is 13.8. The summed E-state index contributed by atoms with van der Waals surface area (Å²) in [4.78, 5) is -0.0474. The Morgan fingerprint density at radius 3 is 1.82 bits per heavy atom. The third-order valence-electron chi connectivity index (χ3n) is 1.91. The predicted octanol–water partition coefficient (Wildman–Crippen LogP) is -1.65. The van der Waals surface area contributed by atoms with Crippen LogP contribution in [0.2, 0.25) is 0 Å². The van der Waals surface area contributed by atoms with Gasteiger partial charge in [0.25, 0.3) is 0 Å². The van der Waals surface area contributed by atoms with E-state index in [2.05, 4.69) is 9.30 Å². The van der Waals surface area contributed by atoms with Crippen LogP contribution in [0, 0.1) is 5.53 Å². The van der Waals surface area contributed by atoms with Crippen LogP contribution in [-0.2, 0) is 24.4 Å². The molecule has 0 atom stereocenters. The molecule has 0 aromatic heterocycles. The van der Waals surface area contributed by atoms with Crippen molar-refractivity contribution >= 4 is 144 Å². The molecule has 22 heavy (non-hydrogen) atoms. The molecule has 1 aromatic carbocycles. The quantitative estimate of drug-likeness (QED) is 0.340. The fraction of sp³-hybridized carbons (Fsp3) is 0.250. The molecule has 0 aliphatic heterocycles. The minimum atomic E-state index is -4.64. The van der Waals surface area contributed by atoms with Crippen LogP contribution < -0.4 is 0 Å². The summed E-state index contributed by atoms with van der Waals surface area (Å²) in [5.74, 6) is -0.593. The van der Waals surface area contributed by atoms with E-state index in [0.717, 1.165) is 0 Å². The summed E-state index contributed by atoms with van der Waals surface area (Å²) in [6.07, 6.45) is 0. The number of hydrogen-bond donors (Lipinski definition) is 2. The van der Waals surface area contributed by atoms with Crippen molar-refractivity contribution in [3.63, 3.8) is 0 Å². The van der Waals surface area contributed by atoms with Crippen LogP contribution >= 0.6 is 0 Å². The van der Waals surface area contributed by atoms with E-state index in [4.69, 9.17) is 10.1 Å². The average Bonchev–Trinajstić information content (AvgIpc) is 2.27. The molecule has 0 heterocycles. The first-order valence-corrected chi connectivity index (χ1v) is 7.58. The van der Waals surface area contributed by atoms with Gasteiger partial charge in [0, 0.05) is 0 Å². The van der Waals surface area contributed by atoms with Gasteiger partial charge in [-0.25, -0.2) is 18.1 Å². The molecule has 0 aliphatic rings. The topological polar surface area (TPSA) is 134 Å². The van der Waals surface area contributed by atoms with Crippen LogP contribution in [-0.4, -0.2) is 152 Å². The van der Waals surface area contributed by atoms with Gasteiger partial charge >= 0.3 is 129 Å². The molecule has 0 bridgehead atoms. The minimum absolute atomic E-state index is 0. The van der Waals surface area contributed by atoms with Gasteiger partial charge in [-0.15, -0.1) is 0 Å². The maximum atomic E-state index is 11.7. The molecule has 1 rings (SSSR count). The van der Waals surface area contributed by atoms with Crippen molar-refractivity contribution < 1.29 is 25.6 Å². The Balaban J connectivity index is -0.000000405. The first kappa shape index (κ1) is 32.3. The summed E-state index contributed by atoms with van der Waals surface area (Å²) < 4.78 is 56.1. The normalized spacial score (nSPS) is 10.0. The van der Waals surface area contributed by atoms with Crippen molar-refractivity contribution in [2.45, 2.75) is 4.90 Å². The van der Waals surface area contributed by atoms with Gasteiger partial charge in [-0.05, 0) is 24.3 Å². The number of sulfone groups is 1. The van der Waals surface area contributed by atoms with Crippen molar-refractivity contribution in [2.75, 3.05) is 12.4 Å². The van der Waals surface area contributed by atoms with Crippen molar-refractivity contribution in [1.82, 2.24) is 0 Å². The fourth-order valence-electron chi connectivity index (χ4n) is 1.09. The number of rotatable bonds is 6. The molecule has 0 unspecified atom stereocenters. The Kier molecular flexibility index (Phi) is 21.7. The summed E-state index contributed by atoms with van der Waals surface area (Å²) in [6.45, 7) is -0.675. The molecule has 0 saturated heterocycles. The molecule has 108 valence electrons. The molecule has 0 aliphatic carbocycles. The zero-order valence-corrected chi connectivity index (χ0v) is 10.6. The van der Waals surface area contributed by atoms with Gasteiger partial charge in [-0.3, -0.25) is 4.55 Å². The molecule has 0 amide bonds. The standard InChI is InChI=1S/C8H10N2O6S2.4Na.4H/c9-10-7-1-3-8(4-2-7)17(11,12)6-5-16-18(13,14)15;;;;;;;;/h1-4,9H,5-6H2,(H,13,14,15);;;;;;;;. The van der Waals surface area contributed by atoms with Crippen LogP contribution in [0.3, 0.4) is 0 Å². The second-order valence-corrected chi connectivity index (χ2v) is 6.37. The Bertz CT molecular complexity index is 635. The molecule has 14 heteroatoms. The summed E-state index contributed by atoms with van der Waals surface area (Å²) in [5, 5.41) is 3.11. The van der Waals surface area contributed by atoms with Crippen LogP contribution in [0.5, 0.6) is 0 Å². The third-order valence-corrected chi connectivity index (χ3v) is 4.07. The van der Waals surface area contributed by atoms with E-state index in [1.165, 1.54) is 24.3 Å². The van der Waals surface area contributed by atoms with E-state index >= 15 is 0 Å². The third kappa shape index (κ3) is 12.9. The number of hydrogen-bond acceptors (Lipinski definition) is 7. The molecular formula is C8H14N2Na4O6S2. The van der Waals surface area contributed by atoms with E-state index in [-0.39, 0.29) is 123 Å². The van der Waals surface area contributed by atoms with E-state index in [1.807, 2.05) is 0 Å². The summed E-state index contributed by atoms with van der Waals surface area (Å²) in [6, 6.07) is 5.17. The van der Waals surface area contributed by atoms with Crippen molar-refractivity contribution in [2.24, 2.45) is 5.11 Å². The number of nitrogens with one attached hydrogen (secondary N) is 1. The fourth-order valence-corrected chi connectivity index (χ4v) is 2.58. The Morgan fingerprint density at radius 1 is 1.00 bits per heavy atom. The first-order chi connectivity index (χ1) is 8.24. The molecule has 1 aromatic rings. The number of nitrogens with zero attached hydrogens (tertiary/aromatic N) is 1. The summed E-state index contributed by atoms with van der Waals surface area (Å²) in [5.41, 5.74) is 7.01. The Labute approximate surface area is 218 Å². The van der Waals surface area contributed by atoms with E-state index in [0.29, 0.717) is 5.69 Å². The van der Waals surface area contributed by atoms with E-state index < -0.39 is 32.6 Å². The molecule has 0 radical (unpaired) electrons. The van der Waals surface area contributed by atoms with Crippen molar-refractivity contribution in [1.29, 1.82) is 5.53 Å². The first-order valence-electron chi connectivity index (χ1n) is 4.57.